The van der Waals surface area contributed by atoms with Crippen molar-refractivity contribution in [3.05, 3.63) is 0 Å². The monoisotopic (exact) mass is 211 g/mol. The van der Waals surface area contributed by atoms with Crippen LogP contribution in [0.4, 0.5) is 4.79 Å². The molecule has 0 radical (unpaired) electrons. The van der Waals surface area contributed by atoms with Gasteiger partial charge < -0.3 is 20.9 Å². The van der Waals surface area contributed by atoms with Crippen LogP contribution in [0.5, 0.6) is 0 Å². The third-order valence-electron chi connectivity index (χ3n) is 2.19. The first kappa shape index (κ1) is 11.8. The lowest BCUT2D eigenvalue weighted by Gasteiger charge is -2.14. The summed E-state index contributed by atoms with van der Waals surface area (Å²) in [6, 6.07) is 2.04. The molecule has 1 aliphatic rings. The Morgan fingerprint density at radius 3 is 2.87 bits per heavy atom. The average Bonchev–Trinajstić information content (AvgIpc) is 2.63. The van der Waals surface area contributed by atoms with Crippen molar-refractivity contribution < 1.29 is 4.79 Å². The first-order chi connectivity index (χ1) is 7.34. The number of carbonyl (C=O) groups excluding carboxylic acids is 1. The fourth-order valence-corrected chi connectivity index (χ4v) is 1.38. The Kier molecular flexibility index (Phi) is 5.51. The van der Waals surface area contributed by atoms with E-state index in [4.69, 9.17) is 5.26 Å². The van der Waals surface area contributed by atoms with E-state index in [1.807, 2.05) is 6.07 Å². The van der Waals surface area contributed by atoms with E-state index in [2.05, 4.69) is 16.0 Å². The van der Waals surface area contributed by atoms with Gasteiger partial charge in [0.2, 0.25) is 0 Å². The lowest BCUT2D eigenvalue weighted by Crippen LogP contribution is -2.36. The molecule has 15 heavy (non-hydrogen) atoms. The van der Waals surface area contributed by atoms with E-state index in [0.717, 1.165) is 39.3 Å². The Morgan fingerprint density at radius 1 is 1.40 bits per heavy atom. The summed E-state index contributed by atoms with van der Waals surface area (Å²) in [6.07, 6.45) is 0. The molecule has 0 unspecified atom stereocenters. The third-order valence-corrected chi connectivity index (χ3v) is 2.19. The molecule has 0 aromatic heterocycles. The summed E-state index contributed by atoms with van der Waals surface area (Å²) in [5, 5.41) is 17.2. The highest BCUT2D eigenvalue weighted by Gasteiger charge is 2.17. The number of nitrogens with one attached hydrogen (secondary N) is 3. The predicted octanol–water partition coefficient (Wildman–Crippen LogP) is -1.29. The number of hydrogen-bond donors (Lipinski definition) is 3. The number of urea groups is 1. The molecule has 6 nitrogen and oxygen atoms in total. The number of amides is 2. The van der Waals surface area contributed by atoms with Gasteiger partial charge in [-0.2, -0.15) is 5.26 Å². The minimum atomic E-state index is 0.0272. The second-order valence-electron chi connectivity index (χ2n) is 3.30. The molecular weight excluding hydrogens is 194 g/mol. The Bertz CT molecular complexity index is 237. The lowest BCUT2D eigenvalue weighted by atomic mass is 10.5. The molecule has 0 spiro atoms. The topological polar surface area (TPSA) is 80.2 Å². The van der Waals surface area contributed by atoms with Crippen LogP contribution in [0, 0.1) is 11.3 Å². The molecule has 0 aliphatic carbocycles. The van der Waals surface area contributed by atoms with Crippen molar-refractivity contribution in [3.63, 3.8) is 0 Å². The number of rotatable bonds is 7. The van der Waals surface area contributed by atoms with Gasteiger partial charge in [0.15, 0.2) is 0 Å². The predicted molar refractivity (Wildman–Crippen MR) is 56.3 cm³/mol. The van der Waals surface area contributed by atoms with Gasteiger partial charge in [-0.15, -0.1) is 0 Å². The highest BCUT2D eigenvalue weighted by Crippen LogP contribution is 1.93. The van der Waals surface area contributed by atoms with Crippen LogP contribution in [0.3, 0.4) is 0 Å². The molecule has 0 atom stereocenters. The zero-order chi connectivity index (χ0) is 10.9. The van der Waals surface area contributed by atoms with Gasteiger partial charge in [-0.25, -0.2) is 4.79 Å². The van der Waals surface area contributed by atoms with Gasteiger partial charge in [-0.3, -0.25) is 0 Å². The van der Waals surface area contributed by atoms with Crippen LogP contribution in [0.15, 0.2) is 0 Å². The number of hydrogen-bond acceptors (Lipinski definition) is 4. The van der Waals surface area contributed by atoms with E-state index in [-0.39, 0.29) is 6.03 Å². The van der Waals surface area contributed by atoms with E-state index >= 15 is 0 Å². The Labute approximate surface area is 89.6 Å². The van der Waals surface area contributed by atoms with Crippen molar-refractivity contribution in [2.24, 2.45) is 0 Å². The Morgan fingerprint density at radius 2 is 2.20 bits per heavy atom. The molecule has 0 aromatic carbocycles. The second-order valence-corrected chi connectivity index (χ2v) is 3.30. The molecule has 1 saturated heterocycles. The third kappa shape index (κ3) is 4.63. The standard InChI is InChI=1S/C9H17N5O/c10-1-2-11-3-4-12-5-7-14-8-6-13-9(14)15/h11-12H,2-8H2,(H,13,15). The summed E-state index contributed by atoms with van der Waals surface area (Å²) in [5.74, 6) is 0. The maximum absolute atomic E-state index is 11.1. The number of nitriles is 1. The van der Waals surface area contributed by atoms with Crippen LogP contribution in [0.1, 0.15) is 0 Å². The minimum Gasteiger partial charge on any atom is -0.336 e. The van der Waals surface area contributed by atoms with Crippen LogP contribution < -0.4 is 16.0 Å². The SMILES string of the molecule is N#CCNCCNCCN1CCNC1=O. The van der Waals surface area contributed by atoms with Gasteiger partial charge in [-0.05, 0) is 0 Å². The van der Waals surface area contributed by atoms with Crippen LogP contribution >= 0.6 is 0 Å². The summed E-state index contributed by atoms with van der Waals surface area (Å²) in [7, 11) is 0. The van der Waals surface area contributed by atoms with Gasteiger partial charge >= 0.3 is 6.03 Å². The van der Waals surface area contributed by atoms with Crippen molar-refractivity contribution in [2.75, 3.05) is 45.8 Å². The zero-order valence-corrected chi connectivity index (χ0v) is 8.75. The highest BCUT2D eigenvalue weighted by molar-refractivity contribution is 5.76. The lowest BCUT2D eigenvalue weighted by molar-refractivity contribution is 0.217. The summed E-state index contributed by atoms with van der Waals surface area (Å²) in [4.78, 5) is 12.9. The van der Waals surface area contributed by atoms with Crippen molar-refractivity contribution in [2.45, 2.75) is 0 Å². The van der Waals surface area contributed by atoms with Crippen molar-refractivity contribution >= 4 is 6.03 Å². The average molecular weight is 211 g/mol. The Balaban J connectivity index is 1.89. The largest absolute Gasteiger partial charge is 0.336 e. The van der Waals surface area contributed by atoms with Crippen LogP contribution in [-0.4, -0.2) is 56.7 Å². The van der Waals surface area contributed by atoms with E-state index < -0.39 is 0 Å². The molecule has 0 aromatic rings. The summed E-state index contributed by atoms with van der Waals surface area (Å²) in [6.45, 7) is 5.06. The quantitative estimate of drug-likeness (QED) is 0.362. The molecule has 84 valence electrons. The molecule has 2 amide bonds. The normalized spacial score (nSPS) is 15.1. The Hall–Kier alpha value is -1.32. The van der Waals surface area contributed by atoms with Gasteiger partial charge in [0.25, 0.3) is 0 Å². The minimum absolute atomic E-state index is 0.0272. The van der Waals surface area contributed by atoms with Gasteiger partial charge in [-0.1, -0.05) is 0 Å². The zero-order valence-electron chi connectivity index (χ0n) is 8.75. The molecule has 1 heterocycles. The molecule has 0 bridgehead atoms. The molecule has 1 fully saturated rings. The van der Waals surface area contributed by atoms with Crippen molar-refractivity contribution in [1.82, 2.24) is 20.9 Å². The van der Waals surface area contributed by atoms with Gasteiger partial charge in [0.1, 0.15) is 0 Å². The molecular formula is C9H17N5O. The summed E-state index contributed by atoms with van der Waals surface area (Å²) in [5.41, 5.74) is 0. The van der Waals surface area contributed by atoms with E-state index in [1.54, 1.807) is 4.90 Å². The molecule has 3 N–H and O–H groups in total. The molecule has 1 aliphatic heterocycles. The summed E-state index contributed by atoms with van der Waals surface area (Å²) >= 11 is 0. The van der Waals surface area contributed by atoms with E-state index in [1.165, 1.54) is 0 Å². The van der Waals surface area contributed by atoms with E-state index in [0.29, 0.717) is 6.54 Å². The maximum Gasteiger partial charge on any atom is 0.317 e. The van der Waals surface area contributed by atoms with Crippen LogP contribution in [0.25, 0.3) is 0 Å². The molecule has 1 rings (SSSR count). The van der Waals surface area contributed by atoms with Crippen molar-refractivity contribution in [1.29, 1.82) is 5.26 Å². The van der Waals surface area contributed by atoms with Gasteiger partial charge in [0.05, 0.1) is 12.6 Å². The second kappa shape index (κ2) is 7.04. The first-order valence-electron chi connectivity index (χ1n) is 5.16. The van der Waals surface area contributed by atoms with Crippen LogP contribution in [-0.2, 0) is 0 Å². The fraction of sp³-hybridized carbons (Fsp3) is 0.778. The first-order valence-corrected chi connectivity index (χ1v) is 5.16. The fourth-order valence-electron chi connectivity index (χ4n) is 1.38. The van der Waals surface area contributed by atoms with Crippen molar-refractivity contribution in [3.8, 4) is 6.07 Å². The number of nitrogens with zero attached hydrogens (tertiary/aromatic N) is 2. The maximum atomic E-state index is 11.1. The van der Waals surface area contributed by atoms with Gasteiger partial charge in [0, 0.05) is 39.3 Å². The highest BCUT2D eigenvalue weighted by atomic mass is 16.2. The number of carbonyl (C=O) groups is 1. The van der Waals surface area contributed by atoms with Crippen LogP contribution in [0.2, 0.25) is 0 Å². The smallest absolute Gasteiger partial charge is 0.317 e. The van der Waals surface area contributed by atoms with E-state index in [9.17, 15) is 4.79 Å². The molecule has 0 saturated carbocycles. The molecule has 6 heteroatoms. The summed E-state index contributed by atoms with van der Waals surface area (Å²) < 4.78 is 0.